The monoisotopic (exact) mass is 103 g/mol. The van der Waals surface area contributed by atoms with Crippen molar-refractivity contribution in [2.45, 2.75) is 19.6 Å². The van der Waals surface area contributed by atoms with Gasteiger partial charge in [0.05, 0.1) is 0 Å². The average molecular weight is 103 g/mol. The van der Waals surface area contributed by atoms with Crippen LogP contribution in [-0.2, 0) is 9.53 Å². The zero-order chi connectivity index (χ0) is 5.91. The summed E-state index contributed by atoms with van der Waals surface area (Å²) in [7, 11) is 0. The molecule has 0 aliphatic heterocycles. The van der Waals surface area contributed by atoms with Crippen molar-refractivity contribution >= 4 is 6.47 Å². The molecule has 3 heteroatoms. The molecule has 0 aliphatic rings. The van der Waals surface area contributed by atoms with Gasteiger partial charge in [-0.25, -0.2) is 4.79 Å². The van der Waals surface area contributed by atoms with Crippen LogP contribution in [0.15, 0.2) is 0 Å². The van der Waals surface area contributed by atoms with Gasteiger partial charge >= 0.3 is 6.47 Å². The molecule has 0 heterocycles. The Balaban J connectivity index is 3.34. The van der Waals surface area contributed by atoms with E-state index >= 15 is 0 Å². The third kappa shape index (κ3) is 5.43. The molecule has 7 heavy (non-hydrogen) atoms. The SMILES string of the molecule is CC(C)(O)O[C]=O. The van der Waals surface area contributed by atoms with E-state index in [1.807, 2.05) is 0 Å². The molecule has 3 nitrogen and oxygen atoms in total. The number of rotatable bonds is 2. The van der Waals surface area contributed by atoms with Crippen molar-refractivity contribution in [2.75, 3.05) is 0 Å². The normalized spacial score (nSPS) is 10.7. The summed E-state index contributed by atoms with van der Waals surface area (Å²) in [5.74, 6) is -1.37. The Hall–Kier alpha value is -0.570. The highest BCUT2D eigenvalue weighted by atomic mass is 16.6. The first-order valence-electron chi connectivity index (χ1n) is 1.84. The Morgan fingerprint density at radius 1 is 1.71 bits per heavy atom. The van der Waals surface area contributed by atoms with Gasteiger partial charge in [-0.15, -0.1) is 0 Å². The van der Waals surface area contributed by atoms with Crippen LogP contribution in [0.2, 0.25) is 0 Å². The van der Waals surface area contributed by atoms with E-state index in [1.54, 1.807) is 0 Å². The summed E-state index contributed by atoms with van der Waals surface area (Å²) in [6, 6.07) is 0. The van der Waals surface area contributed by atoms with Crippen LogP contribution in [0.25, 0.3) is 0 Å². The lowest BCUT2D eigenvalue weighted by Gasteiger charge is -2.11. The molecule has 0 bridgehead atoms. The minimum Gasteiger partial charge on any atom is -0.425 e. The molecular formula is C4H7O3. The predicted octanol–water partition coefficient (Wildman–Crippen LogP) is -0.201. The lowest BCUT2D eigenvalue weighted by Crippen LogP contribution is -2.21. The van der Waals surface area contributed by atoms with E-state index in [9.17, 15) is 4.79 Å². The molecular weight excluding hydrogens is 96.0 g/mol. The molecule has 1 radical (unpaired) electrons. The molecule has 0 aromatic heterocycles. The van der Waals surface area contributed by atoms with E-state index < -0.39 is 5.79 Å². The Morgan fingerprint density at radius 3 is 2.14 bits per heavy atom. The van der Waals surface area contributed by atoms with Crippen LogP contribution in [0.5, 0.6) is 0 Å². The van der Waals surface area contributed by atoms with Crippen molar-refractivity contribution in [1.29, 1.82) is 0 Å². The van der Waals surface area contributed by atoms with Crippen molar-refractivity contribution in [3.63, 3.8) is 0 Å². The van der Waals surface area contributed by atoms with Crippen LogP contribution in [0.4, 0.5) is 0 Å². The van der Waals surface area contributed by atoms with Crippen molar-refractivity contribution < 1.29 is 14.6 Å². The molecule has 0 fully saturated rings. The van der Waals surface area contributed by atoms with Crippen LogP contribution in [0, 0.1) is 0 Å². The average Bonchev–Trinajstić information content (AvgIpc) is 1.30. The Kier molecular flexibility index (Phi) is 1.77. The van der Waals surface area contributed by atoms with Crippen molar-refractivity contribution in [3.8, 4) is 0 Å². The predicted molar refractivity (Wildman–Crippen MR) is 23.1 cm³/mol. The van der Waals surface area contributed by atoms with Gasteiger partial charge in [-0.3, -0.25) is 0 Å². The second-order valence-electron chi connectivity index (χ2n) is 1.63. The summed E-state index contributed by atoms with van der Waals surface area (Å²) in [6.45, 7) is 3.80. The fourth-order valence-corrected chi connectivity index (χ4v) is 0.102. The Labute approximate surface area is 41.9 Å². The summed E-state index contributed by atoms with van der Waals surface area (Å²) < 4.78 is 3.98. The van der Waals surface area contributed by atoms with E-state index in [2.05, 4.69) is 4.74 Å². The molecule has 41 valence electrons. The highest BCUT2D eigenvalue weighted by Gasteiger charge is 2.11. The van der Waals surface area contributed by atoms with E-state index in [1.165, 1.54) is 13.8 Å². The molecule has 0 spiro atoms. The summed E-state index contributed by atoms with van der Waals surface area (Å²) in [5, 5.41) is 8.53. The molecule has 0 saturated carbocycles. The quantitative estimate of drug-likeness (QED) is 0.492. The maximum Gasteiger partial charge on any atom is 0.420 e. The largest absolute Gasteiger partial charge is 0.425 e. The number of hydrogen-bond acceptors (Lipinski definition) is 3. The molecule has 0 atom stereocenters. The van der Waals surface area contributed by atoms with Gasteiger partial charge in [0, 0.05) is 13.8 Å². The third-order valence-electron chi connectivity index (χ3n) is 0.291. The molecule has 1 N–H and O–H groups in total. The van der Waals surface area contributed by atoms with Crippen LogP contribution in [-0.4, -0.2) is 17.4 Å². The first kappa shape index (κ1) is 6.43. The van der Waals surface area contributed by atoms with Crippen molar-refractivity contribution in [1.82, 2.24) is 0 Å². The zero-order valence-corrected chi connectivity index (χ0v) is 4.26. The molecule has 0 aromatic carbocycles. The summed E-state index contributed by atoms with van der Waals surface area (Å²) in [6.07, 6.45) is 0. The second-order valence-corrected chi connectivity index (χ2v) is 1.63. The van der Waals surface area contributed by atoms with Crippen LogP contribution < -0.4 is 0 Å². The van der Waals surface area contributed by atoms with E-state index in [0.29, 0.717) is 0 Å². The maximum atomic E-state index is 9.31. The fraction of sp³-hybridized carbons (Fsp3) is 0.750. The van der Waals surface area contributed by atoms with Crippen LogP contribution >= 0.6 is 0 Å². The second kappa shape index (κ2) is 1.93. The highest BCUT2D eigenvalue weighted by Crippen LogP contribution is 1.98. The minimum absolute atomic E-state index is 1.11. The lowest BCUT2D eigenvalue weighted by atomic mass is 10.4. The Morgan fingerprint density at radius 2 is 2.14 bits per heavy atom. The van der Waals surface area contributed by atoms with E-state index in [-0.39, 0.29) is 0 Å². The van der Waals surface area contributed by atoms with E-state index in [4.69, 9.17) is 5.11 Å². The molecule has 0 unspecified atom stereocenters. The van der Waals surface area contributed by atoms with Crippen molar-refractivity contribution in [2.24, 2.45) is 0 Å². The molecule has 0 aliphatic carbocycles. The maximum absolute atomic E-state index is 9.31. The van der Waals surface area contributed by atoms with Gasteiger partial charge in [0.15, 0.2) is 0 Å². The topological polar surface area (TPSA) is 46.5 Å². The molecule has 0 aromatic rings. The standard InChI is InChI=1S/C4H7O3/c1-4(2,6)7-3-5/h6H,1-2H3. The van der Waals surface area contributed by atoms with Gasteiger partial charge in [0.25, 0.3) is 0 Å². The van der Waals surface area contributed by atoms with Gasteiger partial charge in [-0.05, 0) is 0 Å². The van der Waals surface area contributed by atoms with E-state index in [0.717, 1.165) is 6.47 Å². The van der Waals surface area contributed by atoms with Gasteiger partial charge in [-0.2, -0.15) is 0 Å². The Bertz CT molecular complexity index is 61.8. The first-order chi connectivity index (χ1) is 3.06. The van der Waals surface area contributed by atoms with Gasteiger partial charge in [-0.1, -0.05) is 0 Å². The van der Waals surface area contributed by atoms with Crippen molar-refractivity contribution in [3.05, 3.63) is 0 Å². The third-order valence-corrected chi connectivity index (χ3v) is 0.291. The number of aliphatic hydroxyl groups is 1. The molecule has 0 amide bonds. The van der Waals surface area contributed by atoms with Gasteiger partial charge in [0.1, 0.15) is 0 Å². The minimum atomic E-state index is -1.37. The smallest absolute Gasteiger partial charge is 0.420 e. The van der Waals surface area contributed by atoms with Gasteiger partial charge in [0.2, 0.25) is 5.79 Å². The highest BCUT2D eigenvalue weighted by molar-refractivity contribution is 5.38. The number of hydrogen-bond donors (Lipinski definition) is 1. The number of carbonyl (C=O) groups excluding carboxylic acids is 1. The summed E-state index contributed by atoms with van der Waals surface area (Å²) >= 11 is 0. The summed E-state index contributed by atoms with van der Waals surface area (Å²) in [5.41, 5.74) is 0. The van der Waals surface area contributed by atoms with Crippen LogP contribution in [0.1, 0.15) is 13.8 Å². The summed E-state index contributed by atoms with van der Waals surface area (Å²) in [4.78, 5) is 9.31. The first-order valence-corrected chi connectivity index (χ1v) is 1.84. The molecule has 0 saturated heterocycles. The lowest BCUT2D eigenvalue weighted by molar-refractivity contribution is -0.115. The fourth-order valence-electron chi connectivity index (χ4n) is 0.102. The van der Waals surface area contributed by atoms with Gasteiger partial charge < -0.3 is 9.84 Å². The molecule has 0 rings (SSSR count). The van der Waals surface area contributed by atoms with Crippen LogP contribution in [0.3, 0.4) is 0 Å². The zero-order valence-electron chi connectivity index (χ0n) is 4.26. The number of ether oxygens (including phenoxy) is 1.